The molecular formula is C14H24N2O2S. The first-order valence-electron chi connectivity index (χ1n) is 6.58. The first kappa shape index (κ1) is 16.1. The molecule has 2 N–H and O–H groups in total. The van der Waals surface area contributed by atoms with E-state index in [9.17, 15) is 8.42 Å². The first-order valence-corrected chi connectivity index (χ1v) is 8.07. The molecule has 0 radical (unpaired) electrons. The first-order chi connectivity index (χ1) is 8.81. The summed E-state index contributed by atoms with van der Waals surface area (Å²) < 4.78 is 27.4. The van der Waals surface area contributed by atoms with Crippen LogP contribution in [-0.2, 0) is 16.6 Å². The van der Waals surface area contributed by atoms with E-state index < -0.39 is 10.0 Å². The summed E-state index contributed by atoms with van der Waals surface area (Å²) in [4.78, 5) is 0.378. The lowest BCUT2D eigenvalue weighted by Gasteiger charge is -2.16. The Morgan fingerprint density at radius 3 is 2.37 bits per heavy atom. The Bertz CT molecular complexity index is 539. The van der Waals surface area contributed by atoms with Crippen molar-refractivity contribution in [3.63, 3.8) is 0 Å². The Morgan fingerprint density at radius 2 is 1.84 bits per heavy atom. The van der Waals surface area contributed by atoms with Crippen LogP contribution in [0.5, 0.6) is 0 Å². The van der Waals surface area contributed by atoms with Gasteiger partial charge in [0.2, 0.25) is 10.0 Å². The third kappa shape index (κ3) is 4.03. The standard InChI is InChI=1S/C14H24N2O2S/c1-6-12(4)16-19(17,18)14-8-13(9-15-5)10(2)7-11(14)3/h7-8,12,15-16H,6,9H2,1-5H3. The van der Waals surface area contributed by atoms with Crippen LogP contribution >= 0.6 is 0 Å². The molecule has 4 nitrogen and oxygen atoms in total. The van der Waals surface area contributed by atoms with Gasteiger partial charge in [-0.3, -0.25) is 0 Å². The van der Waals surface area contributed by atoms with Gasteiger partial charge < -0.3 is 5.32 Å². The summed E-state index contributed by atoms with van der Waals surface area (Å²) in [5, 5.41) is 3.06. The van der Waals surface area contributed by atoms with E-state index in [1.807, 2.05) is 40.8 Å². The van der Waals surface area contributed by atoms with E-state index >= 15 is 0 Å². The minimum Gasteiger partial charge on any atom is -0.316 e. The molecule has 0 amide bonds. The lowest BCUT2D eigenvalue weighted by atomic mass is 10.1. The van der Waals surface area contributed by atoms with Crippen LogP contribution in [0.1, 0.15) is 37.0 Å². The molecule has 1 aromatic rings. The van der Waals surface area contributed by atoms with E-state index in [-0.39, 0.29) is 6.04 Å². The molecule has 0 saturated carbocycles. The molecule has 0 aliphatic heterocycles. The van der Waals surface area contributed by atoms with Gasteiger partial charge in [-0.2, -0.15) is 0 Å². The summed E-state index contributed by atoms with van der Waals surface area (Å²) >= 11 is 0. The van der Waals surface area contributed by atoms with Crippen LogP contribution in [0.2, 0.25) is 0 Å². The maximum atomic E-state index is 12.4. The van der Waals surface area contributed by atoms with Crippen molar-refractivity contribution in [2.75, 3.05) is 7.05 Å². The number of aryl methyl sites for hydroxylation is 2. The molecule has 0 fully saturated rings. The van der Waals surface area contributed by atoms with Gasteiger partial charge >= 0.3 is 0 Å². The molecule has 0 saturated heterocycles. The maximum absolute atomic E-state index is 12.4. The third-order valence-electron chi connectivity index (χ3n) is 3.26. The van der Waals surface area contributed by atoms with Crippen molar-refractivity contribution >= 4 is 10.0 Å². The Kier molecular flexibility index (Phi) is 5.52. The minimum atomic E-state index is -3.44. The molecule has 108 valence electrons. The van der Waals surface area contributed by atoms with Crippen LogP contribution in [0.4, 0.5) is 0 Å². The van der Waals surface area contributed by atoms with Gasteiger partial charge in [-0.05, 0) is 57.0 Å². The molecule has 1 unspecified atom stereocenters. The predicted octanol–water partition coefficient (Wildman–Crippen LogP) is 2.10. The molecule has 0 spiro atoms. The Morgan fingerprint density at radius 1 is 1.21 bits per heavy atom. The molecule has 0 aliphatic carbocycles. The van der Waals surface area contributed by atoms with E-state index in [0.717, 1.165) is 23.1 Å². The SMILES string of the molecule is CCC(C)NS(=O)(=O)c1cc(CNC)c(C)cc1C. The lowest BCUT2D eigenvalue weighted by Crippen LogP contribution is -2.32. The van der Waals surface area contributed by atoms with E-state index in [2.05, 4.69) is 10.0 Å². The van der Waals surface area contributed by atoms with Gasteiger partial charge in [0.15, 0.2) is 0 Å². The van der Waals surface area contributed by atoms with Gasteiger partial charge in [-0.25, -0.2) is 13.1 Å². The monoisotopic (exact) mass is 284 g/mol. The molecular weight excluding hydrogens is 260 g/mol. The van der Waals surface area contributed by atoms with Crippen LogP contribution in [-0.4, -0.2) is 21.5 Å². The number of hydrogen-bond donors (Lipinski definition) is 2. The smallest absolute Gasteiger partial charge is 0.241 e. The second-order valence-corrected chi connectivity index (χ2v) is 6.69. The average molecular weight is 284 g/mol. The predicted molar refractivity (Wildman–Crippen MR) is 78.8 cm³/mol. The van der Waals surface area contributed by atoms with Crippen LogP contribution in [0.15, 0.2) is 17.0 Å². The molecule has 0 bridgehead atoms. The Balaban J connectivity index is 3.22. The summed E-state index contributed by atoms with van der Waals surface area (Å²) in [7, 11) is -1.59. The molecule has 19 heavy (non-hydrogen) atoms. The van der Waals surface area contributed by atoms with Crippen LogP contribution in [0.3, 0.4) is 0 Å². The fourth-order valence-corrected chi connectivity index (χ4v) is 3.56. The van der Waals surface area contributed by atoms with E-state index in [0.29, 0.717) is 11.4 Å². The topological polar surface area (TPSA) is 58.2 Å². The van der Waals surface area contributed by atoms with Crippen molar-refractivity contribution in [3.8, 4) is 0 Å². The van der Waals surface area contributed by atoms with Crippen molar-refractivity contribution < 1.29 is 8.42 Å². The molecule has 0 aromatic heterocycles. The zero-order chi connectivity index (χ0) is 14.6. The highest BCUT2D eigenvalue weighted by Gasteiger charge is 2.20. The van der Waals surface area contributed by atoms with Gasteiger partial charge in [0, 0.05) is 12.6 Å². The summed E-state index contributed by atoms with van der Waals surface area (Å²) in [6, 6.07) is 3.64. The van der Waals surface area contributed by atoms with Gasteiger partial charge in [0.1, 0.15) is 0 Å². The summed E-state index contributed by atoms with van der Waals surface area (Å²) in [5.41, 5.74) is 2.90. The number of sulfonamides is 1. The Labute approximate surface area is 116 Å². The highest BCUT2D eigenvalue weighted by atomic mass is 32.2. The van der Waals surface area contributed by atoms with Crippen molar-refractivity contribution in [2.45, 2.75) is 51.6 Å². The van der Waals surface area contributed by atoms with Crippen LogP contribution < -0.4 is 10.0 Å². The summed E-state index contributed by atoms with van der Waals surface area (Å²) in [6.45, 7) is 8.33. The lowest BCUT2D eigenvalue weighted by molar-refractivity contribution is 0.555. The Hall–Kier alpha value is -0.910. The average Bonchev–Trinajstić information content (AvgIpc) is 2.31. The van der Waals surface area contributed by atoms with Crippen LogP contribution in [0, 0.1) is 13.8 Å². The molecule has 0 aliphatic rings. The second kappa shape index (κ2) is 6.50. The minimum absolute atomic E-state index is 0.0570. The molecule has 1 aromatic carbocycles. The quantitative estimate of drug-likeness (QED) is 0.841. The highest BCUT2D eigenvalue weighted by Crippen LogP contribution is 2.21. The molecule has 5 heteroatoms. The number of hydrogen-bond acceptors (Lipinski definition) is 3. The number of rotatable bonds is 6. The van der Waals surface area contributed by atoms with Crippen LogP contribution in [0.25, 0.3) is 0 Å². The van der Waals surface area contributed by atoms with Crippen molar-refractivity contribution in [3.05, 3.63) is 28.8 Å². The van der Waals surface area contributed by atoms with Gasteiger partial charge in [-0.1, -0.05) is 13.0 Å². The largest absolute Gasteiger partial charge is 0.316 e. The zero-order valence-corrected chi connectivity index (χ0v) is 13.2. The highest BCUT2D eigenvalue weighted by molar-refractivity contribution is 7.89. The number of benzene rings is 1. The second-order valence-electron chi connectivity index (χ2n) is 5.01. The third-order valence-corrected chi connectivity index (χ3v) is 4.99. The summed E-state index contributed by atoms with van der Waals surface area (Å²) in [5.74, 6) is 0. The molecule has 1 rings (SSSR count). The fraction of sp³-hybridized carbons (Fsp3) is 0.571. The van der Waals surface area contributed by atoms with Crippen molar-refractivity contribution in [1.29, 1.82) is 0 Å². The van der Waals surface area contributed by atoms with Crippen molar-refractivity contribution in [1.82, 2.24) is 10.0 Å². The van der Waals surface area contributed by atoms with Gasteiger partial charge in [0.05, 0.1) is 4.90 Å². The van der Waals surface area contributed by atoms with Gasteiger partial charge in [-0.15, -0.1) is 0 Å². The summed E-state index contributed by atoms with van der Waals surface area (Å²) in [6.07, 6.45) is 0.771. The zero-order valence-electron chi connectivity index (χ0n) is 12.4. The van der Waals surface area contributed by atoms with E-state index in [1.165, 1.54) is 0 Å². The fourth-order valence-electron chi connectivity index (χ4n) is 1.96. The molecule has 1 atom stereocenters. The van der Waals surface area contributed by atoms with Crippen molar-refractivity contribution in [2.24, 2.45) is 0 Å². The van der Waals surface area contributed by atoms with Gasteiger partial charge in [0.25, 0.3) is 0 Å². The van der Waals surface area contributed by atoms with E-state index in [4.69, 9.17) is 0 Å². The molecule has 0 heterocycles. The normalized spacial score (nSPS) is 13.5. The van der Waals surface area contributed by atoms with E-state index in [1.54, 1.807) is 6.07 Å². The number of nitrogens with one attached hydrogen (secondary N) is 2. The maximum Gasteiger partial charge on any atom is 0.241 e.